The number of aliphatic carboxylic acids is 1. The number of benzene rings is 1. The molecule has 1 atom stereocenters. The Kier molecular flexibility index (Phi) is 4.98. The zero-order valence-electron chi connectivity index (χ0n) is 9.35. The topological polar surface area (TPSA) is 83.5 Å². The van der Waals surface area contributed by atoms with Gasteiger partial charge in [-0.1, -0.05) is 29.3 Å². The van der Waals surface area contributed by atoms with Crippen LogP contribution in [0.3, 0.4) is 0 Å². The van der Waals surface area contributed by atoms with Gasteiger partial charge in [0.1, 0.15) is 6.04 Å². The second kappa shape index (κ2) is 5.88. The quantitative estimate of drug-likeness (QED) is 0.869. The van der Waals surface area contributed by atoms with Gasteiger partial charge in [0.2, 0.25) is 10.0 Å². The number of hydrogen-bond acceptors (Lipinski definition) is 3. The van der Waals surface area contributed by atoms with E-state index in [0.717, 1.165) is 0 Å². The molecule has 5 nitrogen and oxygen atoms in total. The number of carboxylic acids is 1. The summed E-state index contributed by atoms with van der Waals surface area (Å²) in [5.74, 6) is -1.60. The van der Waals surface area contributed by atoms with Crippen molar-refractivity contribution >= 4 is 39.2 Å². The third-order valence-corrected chi connectivity index (χ3v) is 4.23. The lowest BCUT2D eigenvalue weighted by Crippen LogP contribution is -2.38. The maximum Gasteiger partial charge on any atom is 0.321 e. The van der Waals surface area contributed by atoms with E-state index in [-0.39, 0.29) is 10.8 Å². The predicted octanol–water partition coefficient (Wildman–Crippen LogP) is 1.89. The molecule has 0 saturated carbocycles. The zero-order chi connectivity index (χ0) is 13.9. The van der Waals surface area contributed by atoms with Crippen molar-refractivity contribution in [2.24, 2.45) is 0 Å². The number of carbonyl (C=O) groups is 1. The molecule has 18 heavy (non-hydrogen) atoms. The van der Waals surface area contributed by atoms with Gasteiger partial charge < -0.3 is 5.11 Å². The fourth-order valence-corrected chi connectivity index (χ4v) is 2.87. The first kappa shape index (κ1) is 15.2. The predicted molar refractivity (Wildman–Crippen MR) is 69.3 cm³/mol. The van der Waals surface area contributed by atoms with Gasteiger partial charge in [-0.3, -0.25) is 4.79 Å². The summed E-state index contributed by atoms with van der Waals surface area (Å²) < 4.78 is 25.4. The lowest BCUT2D eigenvalue weighted by atomic mass is 10.2. The monoisotopic (exact) mass is 311 g/mol. The maximum atomic E-state index is 11.7. The second-order valence-corrected chi connectivity index (χ2v) is 6.25. The van der Waals surface area contributed by atoms with Crippen LogP contribution in [0.25, 0.3) is 0 Å². The molecule has 0 spiro atoms. The van der Waals surface area contributed by atoms with Gasteiger partial charge in [0.25, 0.3) is 0 Å². The van der Waals surface area contributed by atoms with E-state index in [1.54, 1.807) is 0 Å². The van der Waals surface area contributed by atoms with Crippen LogP contribution in [0.2, 0.25) is 10.0 Å². The Hall–Kier alpha value is -0.820. The van der Waals surface area contributed by atoms with Gasteiger partial charge in [-0.2, -0.15) is 0 Å². The fourth-order valence-electron chi connectivity index (χ4n) is 1.21. The van der Waals surface area contributed by atoms with Crippen molar-refractivity contribution in [3.8, 4) is 0 Å². The molecular formula is C10H11Cl2NO4S. The number of carboxylic acid groups (broad SMARTS) is 1. The molecule has 0 unspecified atom stereocenters. The van der Waals surface area contributed by atoms with Crippen molar-refractivity contribution in [2.45, 2.75) is 18.7 Å². The van der Waals surface area contributed by atoms with Gasteiger partial charge in [-0.25, -0.2) is 13.1 Å². The van der Waals surface area contributed by atoms with Crippen molar-refractivity contribution in [3.63, 3.8) is 0 Å². The molecule has 0 radical (unpaired) electrons. The highest BCUT2D eigenvalue weighted by atomic mass is 35.5. The Bertz CT molecular complexity index is 559. The van der Waals surface area contributed by atoms with Gasteiger partial charge in [-0.05, 0) is 24.6 Å². The van der Waals surface area contributed by atoms with Crippen LogP contribution in [0, 0.1) is 0 Å². The summed E-state index contributed by atoms with van der Waals surface area (Å²) in [5, 5.41) is 9.20. The lowest BCUT2D eigenvalue weighted by molar-refractivity contribution is -0.138. The highest BCUT2D eigenvalue weighted by Gasteiger charge is 2.20. The van der Waals surface area contributed by atoms with E-state index in [2.05, 4.69) is 0 Å². The average Bonchev–Trinajstić information content (AvgIpc) is 2.22. The molecule has 0 fully saturated rings. The van der Waals surface area contributed by atoms with Crippen LogP contribution < -0.4 is 4.72 Å². The van der Waals surface area contributed by atoms with E-state index in [9.17, 15) is 13.2 Å². The molecule has 0 aliphatic heterocycles. The molecular weight excluding hydrogens is 301 g/mol. The first-order valence-electron chi connectivity index (χ1n) is 4.88. The molecule has 8 heteroatoms. The number of hydrogen-bond donors (Lipinski definition) is 2. The standard InChI is InChI=1S/C10H11Cl2NO4S/c1-6(10(14)15)13-18(16,17)5-7-2-3-8(11)9(12)4-7/h2-4,6,13H,5H2,1H3,(H,14,15)/t6-/m1/s1. The van der Waals surface area contributed by atoms with Crippen LogP contribution in [-0.4, -0.2) is 25.5 Å². The summed E-state index contributed by atoms with van der Waals surface area (Å²) in [6, 6.07) is 3.24. The molecule has 2 N–H and O–H groups in total. The lowest BCUT2D eigenvalue weighted by Gasteiger charge is -2.10. The van der Waals surface area contributed by atoms with E-state index in [1.807, 2.05) is 4.72 Å². The highest BCUT2D eigenvalue weighted by Crippen LogP contribution is 2.23. The van der Waals surface area contributed by atoms with Crippen molar-refractivity contribution in [3.05, 3.63) is 33.8 Å². The van der Waals surface area contributed by atoms with Crippen molar-refractivity contribution in [2.75, 3.05) is 0 Å². The molecule has 0 aromatic heterocycles. The largest absolute Gasteiger partial charge is 0.480 e. The second-order valence-electron chi connectivity index (χ2n) is 3.69. The fraction of sp³-hybridized carbons (Fsp3) is 0.300. The van der Waals surface area contributed by atoms with Crippen molar-refractivity contribution in [1.82, 2.24) is 4.72 Å². The van der Waals surface area contributed by atoms with Gasteiger partial charge in [0.05, 0.1) is 15.8 Å². The van der Waals surface area contributed by atoms with Crippen LogP contribution >= 0.6 is 23.2 Å². The third kappa shape index (κ3) is 4.45. The Morgan fingerprint density at radius 2 is 2.00 bits per heavy atom. The van der Waals surface area contributed by atoms with E-state index < -0.39 is 22.0 Å². The van der Waals surface area contributed by atoms with E-state index in [4.69, 9.17) is 28.3 Å². The van der Waals surface area contributed by atoms with Crippen LogP contribution in [-0.2, 0) is 20.6 Å². The van der Waals surface area contributed by atoms with Gasteiger partial charge in [-0.15, -0.1) is 0 Å². The van der Waals surface area contributed by atoms with Crippen LogP contribution in [0.4, 0.5) is 0 Å². The molecule has 1 rings (SSSR count). The molecule has 0 amide bonds. The van der Waals surface area contributed by atoms with Crippen LogP contribution in [0.15, 0.2) is 18.2 Å². The minimum atomic E-state index is -3.74. The summed E-state index contributed by atoms with van der Waals surface area (Å²) in [6.07, 6.45) is 0. The molecule has 1 aromatic rings. The molecule has 1 aromatic carbocycles. The zero-order valence-corrected chi connectivity index (χ0v) is 11.7. The molecule has 0 heterocycles. The minimum Gasteiger partial charge on any atom is -0.480 e. The molecule has 0 aliphatic rings. The summed E-state index contributed by atoms with van der Waals surface area (Å²) >= 11 is 11.5. The highest BCUT2D eigenvalue weighted by molar-refractivity contribution is 7.88. The van der Waals surface area contributed by atoms with E-state index in [0.29, 0.717) is 10.6 Å². The average molecular weight is 312 g/mol. The summed E-state index contributed by atoms with van der Waals surface area (Å²) in [5.41, 5.74) is 0.425. The van der Waals surface area contributed by atoms with E-state index in [1.165, 1.54) is 25.1 Å². The Balaban J connectivity index is 2.82. The summed E-state index contributed by atoms with van der Waals surface area (Å²) in [7, 11) is -3.74. The van der Waals surface area contributed by atoms with E-state index >= 15 is 0 Å². The summed E-state index contributed by atoms with van der Waals surface area (Å²) in [4.78, 5) is 10.6. The van der Waals surface area contributed by atoms with Crippen LogP contribution in [0.1, 0.15) is 12.5 Å². The van der Waals surface area contributed by atoms with Crippen LogP contribution in [0.5, 0.6) is 0 Å². The number of sulfonamides is 1. The third-order valence-electron chi connectivity index (χ3n) is 2.07. The summed E-state index contributed by atoms with van der Waals surface area (Å²) in [6.45, 7) is 1.24. The molecule has 0 aliphatic carbocycles. The van der Waals surface area contributed by atoms with Gasteiger partial charge >= 0.3 is 5.97 Å². The molecule has 100 valence electrons. The maximum absolute atomic E-state index is 11.7. The van der Waals surface area contributed by atoms with Crippen molar-refractivity contribution in [1.29, 1.82) is 0 Å². The Morgan fingerprint density at radius 1 is 1.39 bits per heavy atom. The minimum absolute atomic E-state index is 0.246. The normalized spacial score (nSPS) is 13.3. The first-order chi connectivity index (χ1) is 8.21. The molecule has 0 bridgehead atoms. The molecule has 0 saturated heterocycles. The Labute approximate surface area is 115 Å². The number of halogens is 2. The van der Waals surface area contributed by atoms with Gasteiger partial charge in [0.15, 0.2) is 0 Å². The Morgan fingerprint density at radius 3 is 2.50 bits per heavy atom. The van der Waals surface area contributed by atoms with Crippen molar-refractivity contribution < 1.29 is 18.3 Å². The number of rotatable bonds is 5. The first-order valence-corrected chi connectivity index (χ1v) is 7.29. The number of nitrogens with one attached hydrogen (secondary N) is 1. The smallest absolute Gasteiger partial charge is 0.321 e. The SMILES string of the molecule is C[C@@H](NS(=O)(=O)Cc1ccc(Cl)c(Cl)c1)C(=O)O. The van der Waals surface area contributed by atoms with Gasteiger partial charge in [0, 0.05) is 0 Å².